The molecule has 0 aliphatic heterocycles. The highest BCUT2D eigenvalue weighted by atomic mass is 19.1. The minimum absolute atomic E-state index is 0.0588. The predicted molar refractivity (Wildman–Crippen MR) is 87.8 cm³/mol. The van der Waals surface area contributed by atoms with E-state index in [4.69, 9.17) is 5.11 Å². The lowest BCUT2D eigenvalue weighted by Crippen LogP contribution is -2.03. The van der Waals surface area contributed by atoms with E-state index < -0.39 is 5.97 Å². The number of aromatic nitrogens is 1. The molecule has 1 heterocycles. The fourth-order valence-corrected chi connectivity index (χ4v) is 2.80. The molecule has 2 aromatic carbocycles. The third kappa shape index (κ3) is 3.21. The minimum atomic E-state index is -0.830. The van der Waals surface area contributed by atoms with E-state index >= 15 is 0 Å². The summed E-state index contributed by atoms with van der Waals surface area (Å²) >= 11 is 0. The fourth-order valence-electron chi connectivity index (χ4n) is 2.80. The van der Waals surface area contributed by atoms with Crippen LogP contribution in [0.5, 0.6) is 0 Å². The first-order valence-corrected chi connectivity index (χ1v) is 7.41. The molecule has 1 aromatic heterocycles. The standard InChI is InChI=1S/C19H16FNO2/c1-12(8-19(22)23)16-6-3-7-18-17(16)10-14(11-21-18)13-4-2-5-15(20)9-13/h2-7,9-12H,8H2,1H3,(H,22,23). The minimum Gasteiger partial charge on any atom is -0.481 e. The number of benzene rings is 2. The van der Waals surface area contributed by atoms with Gasteiger partial charge in [-0.05, 0) is 41.3 Å². The van der Waals surface area contributed by atoms with Gasteiger partial charge in [0.1, 0.15) is 5.82 Å². The van der Waals surface area contributed by atoms with Crippen molar-refractivity contribution in [3.63, 3.8) is 0 Å². The van der Waals surface area contributed by atoms with Gasteiger partial charge in [0.05, 0.1) is 11.9 Å². The van der Waals surface area contributed by atoms with Crippen molar-refractivity contribution in [3.8, 4) is 11.1 Å². The molecular weight excluding hydrogens is 293 g/mol. The molecular formula is C19H16FNO2. The van der Waals surface area contributed by atoms with Crippen molar-refractivity contribution in [3.05, 3.63) is 66.1 Å². The molecule has 116 valence electrons. The Bertz CT molecular complexity index is 876. The molecule has 23 heavy (non-hydrogen) atoms. The van der Waals surface area contributed by atoms with Gasteiger partial charge in [-0.15, -0.1) is 0 Å². The largest absolute Gasteiger partial charge is 0.481 e. The van der Waals surface area contributed by atoms with E-state index in [-0.39, 0.29) is 18.2 Å². The maximum Gasteiger partial charge on any atom is 0.303 e. The number of hydrogen-bond acceptors (Lipinski definition) is 2. The van der Waals surface area contributed by atoms with Crippen molar-refractivity contribution < 1.29 is 14.3 Å². The van der Waals surface area contributed by atoms with E-state index in [1.54, 1.807) is 12.3 Å². The first-order valence-electron chi connectivity index (χ1n) is 7.41. The van der Waals surface area contributed by atoms with Crippen molar-refractivity contribution in [2.24, 2.45) is 0 Å². The van der Waals surface area contributed by atoms with Gasteiger partial charge < -0.3 is 5.11 Å². The van der Waals surface area contributed by atoms with Crippen LogP contribution in [0.4, 0.5) is 4.39 Å². The Balaban J connectivity index is 2.12. The van der Waals surface area contributed by atoms with Gasteiger partial charge in [0.15, 0.2) is 0 Å². The molecule has 0 bridgehead atoms. The first-order chi connectivity index (χ1) is 11.0. The van der Waals surface area contributed by atoms with Gasteiger partial charge in [0.25, 0.3) is 0 Å². The molecule has 0 spiro atoms. The van der Waals surface area contributed by atoms with Crippen LogP contribution in [0.3, 0.4) is 0 Å². The van der Waals surface area contributed by atoms with Crippen LogP contribution in [0.1, 0.15) is 24.8 Å². The van der Waals surface area contributed by atoms with Gasteiger partial charge in [-0.1, -0.05) is 31.2 Å². The molecule has 0 radical (unpaired) electrons. The molecule has 3 rings (SSSR count). The normalized spacial score (nSPS) is 12.3. The fraction of sp³-hybridized carbons (Fsp3) is 0.158. The zero-order chi connectivity index (χ0) is 16.4. The summed E-state index contributed by atoms with van der Waals surface area (Å²) in [5, 5.41) is 9.93. The summed E-state index contributed by atoms with van der Waals surface area (Å²) in [5.41, 5.74) is 3.31. The number of hydrogen-bond donors (Lipinski definition) is 1. The second-order valence-electron chi connectivity index (χ2n) is 5.65. The van der Waals surface area contributed by atoms with Gasteiger partial charge in [0.2, 0.25) is 0 Å². The highest BCUT2D eigenvalue weighted by molar-refractivity contribution is 5.87. The number of carboxylic acid groups (broad SMARTS) is 1. The van der Waals surface area contributed by atoms with Crippen LogP contribution < -0.4 is 0 Å². The highest BCUT2D eigenvalue weighted by Crippen LogP contribution is 2.30. The van der Waals surface area contributed by atoms with Gasteiger partial charge in [-0.25, -0.2) is 4.39 Å². The molecule has 0 fully saturated rings. The molecule has 0 saturated heterocycles. The lowest BCUT2D eigenvalue weighted by molar-refractivity contribution is -0.137. The lowest BCUT2D eigenvalue weighted by atomic mass is 9.93. The predicted octanol–water partition coefficient (Wildman–Crippen LogP) is 4.62. The molecule has 3 nitrogen and oxygen atoms in total. The summed E-state index contributed by atoms with van der Waals surface area (Å²) < 4.78 is 13.4. The Morgan fingerprint density at radius 1 is 1.17 bits per heavy atom. The summed E-state index contributed by atoms with van der Waals surface area (Å²) in [6.45, 7) is 1.89. The van der Waals surface area contributed by atoms with Crippen LogP contribution in [-0.2, 0) is 4.79 Å². The maximum absolute atomic E-state index is 13.4. The molecule has 1 N–H and O–H groups in total. The number of halogens is 1. The summed E-state index contributed by atoms with van der Waals surface area (Å²) in [6.07, 6.45) is 1.77. The third-order valence-corrected chi connectivity index (χ3v) is 3.93. The Labute approximate surface area is 133 Å². The number of fused-ring (bicyclic) bond motifs is 1. The first kappa shape index (κ1) is 15.2. The summed E-state index contributed by atoms with van der Waals surface area (Å²) in [4.78, 5) is 15.4. The molecule has 0 amide bonds. The van der Waals surface area contributed by atoms with Crippen molar-refractivity contribution in [1.82, 2.24) is 4.98 Å². The van der Waals surface area contributed by atoms with Crippen molar-refractivity contribution >= 4 is 16.9 Å². The number of nitrogens with zero attached hydrogens (tertiary/aromatic N) is 1. The molecule has 0 saturated carbocycles. The average Bonchev–Trinajstić information content (AvgIpc) is 2.53. The molecule has 4 heteroatoms. The van der Waals surface area contributed by atoms with E-state index in [0.29, 0.717) is 0 Å². The van der Waals surface area contributed by atoms with Crippen LogP contribution in [0.25, 0.3) is 22.0 Å². The van der Waals surface area contributed by atoms with E-state index in [0.717, 1.165) is 27.6 Å². The molecule has 1 atom stereocenters. The van der Waals surface area contributed by atoms with Gasteiger partial charge in [0, 0.05) is 17.1 Å². The molecule has 0 aliphatic carbocycles. The maximum atomic E-state index is 13.4. The second kappa shape index (κ2) is 6.16. The molecule has 3 aromatic rings. The topological polar surface area (TPSA) is 50.2 Å². The van der Waals surface area contributed by atoms with E-state index in [1.165, 1.54) is 12.1 Å². The number of rotatable bonds is 4. The zero-order valence-corrected chi connectivity index (χ0v) is 12.7. The van der Waals surface area contributed by atoms with E-state index in [1.807, 2.05) is 37.3 Å². The average molecular weight is 309 g/mol. The van der Waals surface area contributed by atoms with Crippen LogP contribution in [0.2, 0.25) is 0 Å². The summed E-state index contributed by atoms with van der Waals surface area (Å²) in [6, 6.07) is 14.0. The van der Waals surface area contributed by atoms with Crippen LogP contribution in [-0.4, -0.2) is 16.1 Å². The Morgan fingerprint density at radius 2 is 1.96 bits per heavy atom. The highest BCUT2D eigenvalue weighted by Gasteiger charge is 2.14. The van der Waals surface area contributed by atoms with E-state index in [9.17, 15) is 9.18 Å². The summed E-state index contributed by atoms with van der Waals surface area (Å²) in [7, 11) is 0. The van der Waals surface area contributed by atoms with Crippen molar-refractivity contribution in [1.29, 1.82) is 0 Å². The van der Waals surface area contributed by atoms with Crippen LogP contribution >= 0.6 is 0 Å². The monoisotopic (exact) mass is 309 g/mol. The van der Waals surface area contributed by atoms with Crippen molar-refractivity contribution in [2.75, 3.05) is 0 Å². The zero-order valence-electron chi connectivity index (χ0n) is 12.7. The van der Waals surface area contributed by atoms with Crippen molar-refractivity contribution in [2.45, 2.75) is 19.3 Å². The number of carboxylic acids is 1. The number of carbonyl (C=O) groups is 1. The van der Waals surface area contributed by atoms with Crippen LogP contribution in [0, 0.1) is 5.82 Å². The number of pyridine rings is 1. The van der Waals surface area contributed by atoms with E-state index in [2.05, 4.69) is 4.98 Å². The quantitative estimate of drug-likeness (QED) is 0.765. The number of aliphatic carboxylic acids is 1. The molecule has 1 unspecified atom stereocenters. The Hall–Kier alpha value is -2.75. The van der Waals surface area contributed by atoms with Gasteiger partial charge in [-0.3, -0.25) is 9.78 Å². The Morgan fingerprint density at radius 3 is 2.70 bits per heavy atom. The van der Waals surface area contributed by atoms with Gasteiger partial charge >= 0.3 is 5.97 Å². The van der Waals surface area contributed by atoms with Gasteiger partial charge in [-0.2, -0.15) is 0 Å². The third-order valence-electron chi connectivity index (χ3n) is 3.93. The Kier molecular flexibility index (Phi) is 4.06. The van der Waals surface area contributed by atoms with Crippen LogP contribution in [0.15, 0.2) is 54.7 Å². The lowest BCUT2D eigenvalue weighted by Gasteiger charge is -2.13. The molecule has 0 aliphatic rings. The summed E-state index contributed by atoms with van der Waals surface area (Å²) in [5.74, 6) is -1.25. The second-order valence-corrected chi connectivity index (χ2v) is 5.65. The SMILES string of the molecule is CC(CC(=O)O)c1cccc2ncc(-c3cccc(F)c3)cc12. The smallest absolute Gasteiger partial charge is 0.303 e.